The first kappa shape index (κ1) is 12.7. The lowest BCUT2D eigenvalue weighted by Crippen LogP contribution is -2.49. The summed E-state index contributed by atoms with van der Waals surface area (Å²) < 4.78 is 10.3. The molecule has 0 spiro atoms. The molecule has 1 fully saturated rings. The van der Waals surface area contributed by atoms with Gasteiger partial charge < -0.3 is 20.1 Å². The summed E-state index contributed by atoms with van der Waals surface area (Å²) in [5.41, 5.74) is 0.727. The number of carbonyl (C=O) groups is 1. The fourth-order valence-corrected chi connectivity index (χ4v) is 1.76. The number of urea groups is 1. The maximum Gasteiger partial charge on any atom is 0.319 e. The molecule has 0 radical (unpaired) electrons. The van der Waals surface area contributed by atoms with Gasteiger partial charge in [-0.2, -0.15) is 0 Å². The largest absolute Gasteiger partial charge is 0.495 e. The highest BCUT2D eigenvalue weighted by Gasteiger charge is 2.33. The summed E-state index contributed by atoms with van der Waals surface area (Å²) >= 11 is 0. The second-order valence-electron chi connectivity index (χ2n) is 4.81. The standard InChI is InChI=1S/C13H18N2O3/c1-13(8-18-9-13)7-14-12(16)15-10-5-3-4-6-11(10)17-2/h3-6H,7-9H2,1-2H3,(H2,14,15,16). The van der Waals surface area contributed by atoms with Gasteiger partial charge in [-0.3, -0.25) is 0 Å². The van der Waals surface area contributed by atoms with Crippen molar-refractivity contribution in [3.8, 4) is 5.75 Å². The summed E-state index contributed by atoms with van der Waals surface area (Å²) in [4.78, 5) is 11.7. The molecule has 2 amide bonds. The fraction of sp³-hybridized carbons (Fsp3) is 0.462. The normalized spacial score (nSPS) is 16.6. The SMILES string of the molecule is COc1ccccc1NC(=O)NCC1(C)COC1. The van der Waals surface area contributed by atoms with Crippen LogP contribution in [0.3, 0.4) is 0 Å². The van der Waals surface area contributed by atoms with Crippen LogP contribution in [-0.2, 0) is 4.74 Å². The van der Waals surface area contributed by atoms with E-state index >= 15 is 0 Å². The third-order valence-corrected chi connectivity index (χ3v) is 2.93. The molecular formula is C13H18N2O3. The summed E-state index contributed by atoms with van der Waals surface area (Å²) in [5, 5.41) is 5.61. The molecule has 1 saturated heterocycles. The Bertz CT molecular complexity index is 430. The summed E-state index contributed by atoms with van der Waals surface area (Å²) in [6.45, 7) is 4.08. The van der Waals surface area contributed by atoms with Crippen LogP contribution in [-0.4, -0.2) is 32.9 Å². The molecule has 0 unspecified atom stereocenters. The number of anilines is 1. The van der Waals surface area contributed by atoms with Gasteiger partial charge in [0.25, 0.3) is 0 Å². The summed E-state index contributed by atoms with van der Waals surface area (Å²) in [6, 6.07) is 7.07. The van der Waals surface area contributed by atoms with Crippen molar-refractivity contribution in [1.82, 2.24) is 5.32 Å². The van der Waals surface area contributed by atoms with Crippen molar-refractivity contribution in [1.29, 1.82) is 0 Å². The maximum absolute atomic E-state index is 11.7. The molecule has 0 aromatic heterocycles. The Balaban J connectivity index is 1.86. The van der Waals surface area contributed by atoms with E-state index in [9.17, 15) is 4.79 Å². The first-order chi connectivity index (χ1) is 8.63. The number of ether oxygens (including phenoxy) is 2. The van der Waals surface area contributed by atoms with Gasteiger partial charge in [-0.1, -0.05) is 19.1 Å². The molecule has 1 aromatic rings. The molecule has 5 heteroatoms. The summed E-state index contributed by atoms with van der Waals surface area (Å²) in [5.74, 6) is 0.644. The fourth-order valence-electron chi connectivity index (χ4n) is 1.76. The van der Waals surface area contributed by atoms with Crippen LogP contribution >= 0.6 is 0 Å². The minimum atomic E-state index is -0.229. The van der Waals surface area contributed by atoms with Gasteiger partial charge in [-0.05, 0) is 12.1 Å². The minimum Gasteiger partial charge on any atom is -0.495 e. The molecular weight excluding hydrogens is 232 g/mol. The second kappa shape index (κ2) is 5.27. The van der Waals surface area contributed by atoms with Crippen molar-refractivity contribution < 1.29 is 14.3 Å². The van der Waals surface area contributed by atoms with Crippen molar-refractivity contribution in [2.75, 3.05) is 32.2 Å². The van der Waals surface area contributed by atoms with Crippen LogP contribution in [0.4, 0.5) is 10.5 Å². The molecule has 0 bridgehead atoms. The number of para-hydroxylation sites is 2. The smallest absolute Gasteiger partial charge is 0.319 e. The molecule has 1 aliphatic heterocycles. The number of benzene rings is 1. The molecule has 0 atom stereocenters. The zero-order chi connectivity index (χ0) is 13.0. The topological polar surface area (TPSA) is 59.6 Å². The molecule has 1 heterocycles. The molecule has 2 N–H and O–H groups in total. The average Bonchev–Trinajstić information content (AvgIpc) is 2.35. The highest BCUT2D eigenvalue weighted by molar-refractivity contribution is 5.90. The zero-order valence-electron chi connectivity index (χ0n) is 10.7. The lowest BCUT2D eigenvalue weighted by Gasteiger charge is -2.37. The van der Waals surface area contributed by atoms with E-state index in [1.165, 1.54) is 0 Å². The molecule has 0 saturated carbocycles. The monoisotopic (exact) mass is 250 g/mol. The number of hydrogen-bond donors (Lipinski definition) is 2. The lowest BCUT2D eigenvalue weighted by atomic mass is 9.89. The van der Waals surface area contributed by atoms with Crippen LogP contribution in [0, 0.1) is 5.41 Å². The van der Waals surface area contributed by atoms with Crippen molar-refractivity contribution in [2.24, 2.45) is 5.41 Å². The Kier molecular flexibility index (Phi) is 3.72. The van der Waals surface area contributed by atoms with E-state index in [0.717, 1.165) is 0 Å². The number of methoxy groups -OCH3 is 1. The molecule has 98 valence electrons. The van der Waals surface area contributed by atoms with Crippen LogP contribution in [0.1, 0.15) is 6.92 Å². The van der Waals surface area contributed by atoms with E-state index in [1.807, 2.05) is 12.1 Å². The van der Waals surface area contributed by atoms with E-state index in [4.69, 9.17) is 9.47 Å². The second-order valence-corrected chi connectivity index (χ2v) is 4.81. The predicted molar refractivity (Wildman–Crippen MR) is 68.9 cm³/mol. The van der Waals surface area contributed by atoms with Gasteiger partial charge in [-0.15, -0.1) is 0 Å². The highest BCUT2D eigenvalue weighted by Crippen LogP contribution is 2.25. The number of carbonyl (C=O) groups excluding carboxylic acids is 1. The molecule has 2 rings (SSSR count). The quantitative estimate of drug-likeness (QED) is 0.857. The number of rotatable bonds is 4. The van der Waals surface area contributed by atoms with Gasteiger partial charge in [0.05, 0.1) is 26.0 Å². The first-order valence-electron chi connectivity index (χ1n) is 5.89. The van der Waals surface area contributed by atoms with Gasteiger partial charge in [0.15, 0.2) is 0 Å². The van der Waals surface area contributed by atoms with E-state index in [0.29, 0.717) is 31.2 Å². The highest BCUT2D eigenvalue weighted by atomic mass is 16.5. The molecule has 18 heavy (non-hydrogen) atoms. The van der Waals surface area contributed by atoms with E-state index in [2.05, 4.69) is 17.6 Å². The predicted octanol–water partition coefficient (Wildman–Crippen LogP) is 1.85. The van der Waals surface area contributed by atoms with E-state index in [-0.39, 0.29) is 11.4 Å². The van der Waals surface area contributed by atoms with Crippen molar-refractivity contribution in [3.63, 3.8) is 0 Å². The Morgan fingerprint density at radius 1 is 1.44 bits per heavy atom. The van der Waals surface area contributed by atoms with Crippen LogP contribution in [0.15, 0.2) is 24.3 Å². The molecule has 5 nitrogen and oxygen atoms in total. The Labute approximate surface area is 106 Å². The molecule has 0 aliphatic carbocycles. The molecule has 1 aromatic carbocycles. The average molecular weight is 250 g/mol. The van der Waals surface area contributed by atoms with E-state index in [1.54, 1.807) is 19.2 Å². The van der Waals surface area contributed by atoms with Gasteiger partial charge in [0.1, 0.15) is 5.75 Å². The lowest BCUT2D eigenvalue weighted by molar-refractivity contribution is -0.0974. The summed E-state index contributed by atoms with van der Waals surface area (Å²) in [6.07, 6.45) is 0. The van der Waals surface area contributed by atoms with Crippen LogP contribution in [0.2, 0.25) is 0 Å². The zero-order valence-corrected chi connectivity index (χ0v) is 10.7. The van der Waals surface area contributed by atoms with Crippen molar-refractivity contribution in [3.05, 3.63) is 24.3 Å². The third kappa shape index (κ3) is 2.92. The van der Waals surface area contributed by atoms with Crippen molar-refractivity contribution in [2.45, 2.75) is 6.92 Å². The maximum atomic E-state index is 11.7. The van der Waals surface area contributed by atoms with Gasteiger partial charge >= 0.3 is 6.03 Å². The van der Waals surface area contributed by atoms with Gasteiger partial charge in [0, 0.05) is 12.0 Å². The van der Waals surface area contributed by atoms with Crippen LogP contribution < -0.4 is 15.4 Å². The van der Waals surface area contributed by atoms with Crippen LogP contribution in [0.25, 0.3) is 0 Å². The number of amides is 2. The minimum absolute atomic E-state index is 0.0676. The third-order valence-electron chi connectivity index (χ3n) is 2.93. The summed E-state index contributed by atoms with van der Waals surface area (Å²) in [7, 11) is 1.57. The Morgan fingerprint density at radius 3 is 2.78 bits per heavy atom. The Morgan fingerprint density at radius 2 is 2.17 bits per heavy atom. The number of hydrogen-bond acceptors (Lipinski definition) is 3. The Hall–Kier alpha value is -1.75. The van der Waals surface area contributed by atoms with E-state index < -0.39 is 0 Å². The van der Waals surface area contributed by atoms with Crippen molar-refractivity contribution >= 4 is 11.7 Å². The van der Waals surface area contributed by atoms with Gasteiger partial charge in [-0.25, -0.2) is 4.79 Å². The number of nitrogens with one attached hydrogen (secondary N) is 2. The van der Waals surface area contributed by atoms with Crippen LogP contribution in [0.5, 0.6) is 5.75 Å². The van der Waals surface area contributed by atoms with Gasteiger partial charge in [0.2, 0.25) is 0 Å². The molecule has 1 aliphatic rings. The first-order valence-corrected chi connectivity index (χ1v) is 5.89.